The Balaban J connectivity index is 1.99. The van der Waals surface area contributed by atoms with Crippen molar-refractivity contribution in [3.8, 4) is 0 Å². The minimum Gasteiger partial charge on any atom is -0.298 e. The first-order chi connectivity index (χ1) is 8.05. The quantitative estimate of drug-likeness (QED) is 0.710. The number of H-pyrrole nitrogens is 1. The molecule has 0 bridgehead atoms. The fourth-order valence-electron chi connectivity index (χ4n) is 1.34. The molecule has 90 valence electrons. The topological polar surface area (TPSA) is 65.6 Å². The molecular weight excluding hydrogens is 214 g/mol. The van der Waals surface area contributed by atoms with Gasteiger partial charge < -0.3 is 0 Å². The Morgan fingerprint density at radius 1 is 1.24 bits per heavy atom. The third-order valence-corrected chi connectivity index (χ3v) is 2.38. The van der Waals surface area contributed by atoms with Gasteiger partial charge >= 0.3 is 0 Å². The molecule has 0 radical (unpaired) electrons. The number of rotatable bonds is 3. The maximum atomic E-state index is 4.18. The Morgan fingerprint density at radius 3 is 2.65 bits per heavy atom. The van der Waals surface area contributed by atoms with Crippen LogP contribution in [0.2, 0.25) is 0 Å². The van der Waals surface area contributed by atoms with E-state index >= 15 is 0 Å². The Hall–Kier alpha value is -2.04. The lowest BCUT2D eigenvalue weighted by molar-refractivity contribution is 0.567. The molecule has 2 aromatic rings. The molecule has 0 saturated carbocycles. The molecule has 2 rings (SSSR count). The Labute approximate surface area is 101 Å². The van der Waals surface area contributed by atoms with Gasteiger partial charge in [0.05, 0.1) is 11.9 Å². The molecule has 0 atom stereocenters. The van der Waals surface area contributed by atoms with E-state index in [1.54, 1.807) is 12.4 Å². The maximum Gasteiger partial charge on any atom is 0.166 e. The van der Waals surface area contributed by atoms with Crippen molar-refractivity contribution < 1.29 is 0 Å². The fraction of sp³-hybridized carbons (Fsp3) is 0.333. The normalized spacial score (nSPS) is 11.2. The van der Waals surface area contributed by atoms with Crippen molar-refractivity contribution in [1.29, 1.82) is 0 Å². The molecule has 0 saturated heterocycles. The largest absolute Gasteiger partial charge is 0.298 e. The first-order valence-electron chi connectivity index (χ1n) is 5.53. The zero-order chi connectivity index (χ0) is 12.3. The van der Waals surface area contributed by atoms with Crippen LogP contribution in [0, 0.1) is 0 Å². The van der Waals surface area contributed by atoms with Gasteiger partial charge in [-0.05, 0) is 12.1 Å². The average Bonchev–Trinajstić information content (AvgIpc) is 2.76. The van der Waals surface area contributed by atoms with Crippen molar-refractivity contribution in [2.24, 2.45) is 0 Å². The third kappa shape index (κ3) is 2.96. The Kier molecular flexibility index (Phi) is 2.99. The van der Waals surface area contributed by atoms with Crippen LogP contribution in [-0.2, 0) is 5.41 Å². The van der Waals surface area contributed by atoms with E-state index in [2.05, 4.69) is 46.8 Å². The monoisotopic (exact) mass is 231 g/mol. The van der Waals surface area contributed by atoms with Crippen LogP contribution in [0.4, 0.5) is 11.5 Å². The molecule has 2 aromatic heterocycles. The zero-order valence-corrected chi connectivity index (χ0v) is 10.3. The van der Waals surface area contributed by atoms with E-state index in [9.17, 15) is 0 Å². The van der Waals surface area contributed by atoms with E-state index in [-0.39, 0.29) is 5.41 Å². The van der Waals surface area contributed by atoms with Gasteiger partial charge in [-0.25, -0.2) is 0 Å². The molecule has 5 nitrogen and oxygen atoms in total. The first-order valence-corrected chi connectivity index (χ1v) is 5.53. The van der Waals surface area contributed by atoms with Crippen molar-refractivity contribution in [2.75, 3.05) is 10.9 Å². The Morgan fingerprint density at radius 2 is 2.06 bits per heavy atom. The lowest BCUT2D eigenvalue weighted by Crippen LogP contribution is -2.11. The van der Waals surface area contributed by atoms with E-state index in [4.69, 9.17) is 0 Å². The highest BCUT2D eigenvalue weighted by atomic mass is 15.4. The van der Waals surface area contributed by atoms with Crippen molar-refractivity contribution in [2.45, 2.75) is 26.2 Å². The number of anilines is 2. The molecule has 2 heterocycles. The lowest BCUT2D eigenvalue weighted by Gasteiger charge is -2.14. The third-order valence-electron chi connectivity index (χ3n) is 2.38. The first kappa shape index (κ1) is 11.4. The van der Waals surface area contributed by atoms with Gasteiger partial charge in [-0.2, -0.15) is 5.10 Å². The van der Waals surface area contributed by atoms with E-state index < -0.39 is 0 Å². The van der Waals surface area contributed by atoms with E-state index in [1.807, 2.05) is 18.2 Å². The highest BCUT2D eigenvalue weighted by molar-refractivity contribution is 5.48. The second-order valence-corrected chi connectivity index (χ2v) is 4.91. The SMILES string of the molecule is CC(C)(C)c1cc(NNc2cccnc2)n[nH]1. The molecule has 0 amide bonds. The molecule has 0 aliphatic rings. The van der Waals surface area contributed by atoms with Crippen LogP contribution < -0.4 is 10.9 Å². The number of hydrogen-bond donors (Lipinski definition) is 3. The summed E-state index contributed by atoms with van der Waals surface area (Å²) in [6.07, 6.45) is 3.47. The van der Waals surface area contributed by atoms with Gasteiger partial charge in [-0.3, -0.25) is 20.9 Å². The average molecular weight is 231 g/mol. The molecule has 0 aliphatic heterocycles. The number of hydrogen-bond acceptors (Lipinski definition) is 4. The minimum atomic E-state index is 0.0707. The van der Waals surface area contributed by atoms with Crippen LogP contribution in [-0.4, -0.2) is 15.2 Å². The molecule has 0 fully saturated rings. The second kappa shape index (κ2) is 4.45. The van der Waals surface area contributed by atoms with Crippen molar-refractivity contribution in [1.82, 2.24) is 15.2 Å². The number of nitrogens with one attached hydrogen (secondary N) is 3. The van der Waals surface area contributed by atoms with Gasteiger partial charge in [0.2, 0.25) is 0 Å². The number of nitrogens with zero attached hydrogens (tertiary/aromatic N) is 2. The van der Waals surface area contributed by atoms with Crippen LogP contribution in [0.3, 0.4) is 0 Å². The predicted octanol–water partition coefficient (Wildman–Crippen LogP) is 2.54. The summed E-state index contributed by atoms with van der Waals surface area (Å²) < 4.78 is 0. The van der Waals surface area contributed by atoms with Gasteiger partial charge in [0, 0.05) is 23.4 Å². The van der Waals surface area contributed by atoms with Crippen molar-refractivity contribution in [3.63, 3.8) is 0 Å². The lowest BCUT2D eigenvalue weighted by atomic mass is 9.92. The van der Waals surface area contributed by atoms with Crippen LogP contribution >= 0.6 is 0 Å². The summed E-state index contributed by atoms with van der Waals surface area (Å²) in [4.78, 5) is 4.01. The molecule has 0 unspecified atom stereocenters. The van der Waals surface area contributed by atoms with Gasteiger partial charge in [0.15, 0.2) is 5.82 Å². The molecular formula is C12H17N5. The zero-order valence-electron chi connectivity index (χ0n) is 10.3. The molecule has 0 spiro atoms. The highest BCUT2D eigenvalue weighted by Gasteiger charge is 2.16. The minimum absolute atomic E-state index is 0.0707. The molecule has 0 aliphatic carbocycles. The van der Waals surface area contributed by atoms with Crippen molar-refractivity contribution >= 4 is 11.5 Å². The number of hydrazine groups is 1. The molecule has 17 heavy (non-hydrogen) atoms. The van der Waals surface area contributed by atoms with Crippen LogP contribution in [0.15, 0.2) is 30.6 Å². The maximum absolute atomic E-state index is 4.18. The van der Waals surface area contributed by atoms with Crippen LogP contribution in [0.5, 0.6) is 0 Å². The van der Waals surface area contributed by atoms with Crippen LogP contribution in [0.25, 0.3) is 0 Å². The van der Waals surface area contributed by atoms with Gasteiger partial charge in [0.1, 0.15) is 0 Å². The van der Waals surface area contributed by atoms with E-state index in [1.165, 1.54) is 0 Å². The van der Waals surface area contributed by atoms with Gasteiger partial charge in [-0.15, -0.1) is 0 Å². The molecule has 5 heteroatoms. The molecule has 3 N–H and O–H groups in total. The predicted molar refractivity (Wildman–Crippen MR) is 68.8 cm³/mol. The summed E-state index contributed by atoms with van der Waals surface area (Å²) in [7, 11) is 0. The van der Waals surface area contributed by atoms with Crippen LogP contribution in [0.1, 0.15) is 26.5 Å². The highest BCUT2D eigenvalue weighted by Crippen LogP contribution is 2.21. The molecule has 0 aromatic carbocycles. The number of pyridine rings is 1. The summed E-state index contributed by atoms with van der Waals surface area (Å²) in [5.74, 6) is 0.763. The van der Waals surface area contributed by atoms with Crippen molar-refractivity contribution in [3.05, 3.63) is 36.3 Å². The number of aromatic nitrogens is 3. The van der Waals surface area contributed by atoms with E-state index in [0.717, 1.165) is 17.2 Å². The summed E-state index contributed by atoms with van der Waals surface area (Å²) in [5, 5.41) is 7.19. The summed E-state index contributed by atoms with van der Waals surface area (Å²) in [5.41, 5.74) is 8.11. The standard InChI is InChI=1S/C12H17N5/c1-12(2,3)10-7-11(17-15-10)16-14-9-5-4-6-13-8-9/h4-8,14H,1-3H3,(H2,15,16,17). The second-order valence-electron chi connectivity index (χ2n) is 4.91. The van der Waals surface area contributed by atoms with Gasteiger partial charge in [-0.1, -0.05) is 20.8 Å². The van der Waals surface area contributed by atoms with E-state index in [0.29, 0.717) is 0 Å². The number of aromatic amines is 1. The van der Waals surface area contributed by atoms with Gasteiger partial charge in [0.25, 0.3) is 0 Å². The summed E-state index contributed by atoms with van der Waals surface area (Å²) >= 11 is 0. The Bertz CT molecular complexity index is 469. The fourth-order valence-corrected chi connectivity index (χ4v) is 1.34. The summed E-state index contributed by atoms with van der Waals surface area (Å²) in [6.45, 7) is 6.41. The smallest absolute Gasteiger partial charge is 0.166 e. The summed E-state index contributed by atoms with van der Waals surface area (Å²) in [6, 6.07) is 5.79.